The lowest BCUT2D eigenvalue weighted by Crippen LogP contribution is -2.37. The predicted octanol–water partition coefficient (Wildman–Crippen LogP) is 2.35. The zero-order valence-electron chi connectivity index (χ0n) is 14.4. The van der Waals surface area contributed by atoms with E-state index in [1.165, 1.54) is 0 Å². The number of rotatable bonds is 4. The van der Waals surface area contributed by atoms with E-state index in [0.29, 0.717) is 6.54 Å². The molecule has 0 aromatic heterocycles. The number of carbonyl (C=O) groups excluding carboxylic acids is 2. The van der Waals surface area contributed by atoms with Crippen LogP contribution >= 0.6 is 12.4 Å². The molecule has 0 saturated carbocycles. The molecule has 7 heteroatoms. The van der Waals surface area contributed by atoms with Gasteiger partial charge in [0, 0.05) is 31.2 Å². The van der Waals surface area contributed by atoms with Crippen LogP contribution in [0.25, 0.3) is 0 Å². The SMILES string of the molecule is Cl.O=C(NCc1cccc(NC(=O)N2CCCC2)c1)C1CCNCC1. The van der Waals surface area contributed by atoms with E-state index in [9.17, 15) is 9.59 Å². The zero-order valence-corrected chi connectivity index (χ0v) is 15.2. The normalized spacial score (nSPS) is 17.7. The highest BCUT2D eigenvalue weighted by Gasteiger charge is 2.20. The molecule has 2 aliphatic rings. The molecule has 6 nitrogen and oxygen atoms in total. The fourth-order valence-corrected chi connectivity index (χ4v) is 3.30. The maximum absolute atomic E-state index is 12.2. The van der Waals surface area contributed by atoms with E-state index in [-0.39, 0.29) is 30.3 Å². The number of hydrogen-bond donors (Lipinski definition) is 3. The van der Waals surface area contributed by atoms with Gasteiger partial charge in [0.15, 0.2) is 0 Å². The second-order valence-electron chi connectivity index (χ2n) is 6.57. The van der Waals surface area contributed by atoms with Gasteiger partial charge in [0.1, 0.15) is 0 Å². The molecule has 2 saturated heterocycles. The number of hydrogen-bond acceptors (Lipinski definition) is 3. The van der Waals surface area contributed by atoms with Crippen LogP contribution in [0.4, 0.5) is 10.5 Å². The van der Waals surface area contributed by atoms with E-state index >= 15 is 0 Å². The van der Waals surface area contributed by atoms with Gasteiger partial charge >= 0.3 is 6.03 Å². The number of benzene rings is 1. The molecule has 138 valence electrons. The van der Waals surface area contributed by atoms with Crippen molar-refractivity contribution in [1.29, 1.82) is 0 Å². The van der Waals surface area contributed by atoms with Crippen molar-refractivity contribution in [3.8, 4) is 0 Å². The first kappa shape index (κ1) is 19.5. The molecule has 3 amide bonds. The molecule has 3 rings (SSSR count). The van der Waals surface area contributed by atoms with Gasteiger partial charge in [-0.05, 0) is 56.5 Å². The minimum Gasteiger partial charge on any atom is -0.352 e. The van der Waals surface area contributed by atoms with Gasteiger partial charge in [0.05, 0.1) is 0 Å². The molecule has 0 bridgehead atoms. The maximum atomic E-state index is 12.2. The lowest BCUT2D eigenvalue weighted by Gasteiger charge is -2.21. The van der Waals surface area contributed by atoms with Crippen LogP contribution < -0.4 is 16.0 Å². The highest BCUT2D eigenvalue weighted by atomic mass is 35.5. The topological polar surface area (TPSA) is 73.5 Å². The molecular formula is C18H27ClN4O2. The monoisotopic (exact) mass is 366 g/mol. The lowest BCUT2D eigenvalue weighted by atomic mass is 9.97. The van der Waals surface area contributed by atoms with Crippen molar-refractivity contribution >= 4 is 30.0 Å². The van der Waals surface area contributed by atoms with Crippen molar-refractivity contribution in [2.75, 3.05) is 31.5 Å². The van der Waals surface area contributed by atoms with Crippen molar-refractivity contribution in [2.24, 2.45) is 5.92 Å². The van der Waals surface area contributed by atoms with Gasteiger partial charge in [0.25, 0.3) is 0 Å². The van der Waals surface area contributed by atoms with Gasteiger partial charge in [-0.1, -0.05) is 12.1 Å². The average molecular weight is 367 g/mol. The number of urea groups is 1. The minimum absolute atomic E-state index is 0. The van der Waals surface area contributed by atoms with E-state index < -0.39 is 0 Å². The Bertz CT molecular complexity index is 584. The van der Waals surface area contributed by atoms with Crippen LogP contribution in [0.2, 0.25) is 0 Å². The van der Waals surface area contributed by atoms with Gasteiger partial charge in [-0.25, -0.2) is 4.79 Å². The highest BCUT2D eigenvalue weighted by molar-refractivity contribution is 5.89. The summed E-state index contributed by atoms with van der Waals surface area (Å²) in [6, 6.07) is 7.64. The highest BCUT2D eigenvalue weighted by Crippen LogP contribution is 2.15. The van der Waals surface area contributed by atoms with Gasteiger partial charge < -0.3 is 20.9 Å². The Balaban J connectivity index is 0.00000225. The number of amides is 3. The second-order valence-corrected chi connectivity index (χ2v) is 6.57. The van der Waals surface area contributed by atoms with E-state index in [4.69, 9.17) is 0 Å². The molecule has 1 aromatic rings. The van der Waals surface area contributed by atoms with Crippen LogP contribution in [0.15, 0.2) is 24.3 Å². The summed E-state index contributed by atoms with van der Waals surface area (Å²) in [5.41, 5.74) is 1.78. The predicted molar refractivity (Wildman–Crippen MR) is 101 cm³/mol. The molecule has 2 aliphatic heterocycles. The quantitative estimate of drug-likeness (QED) is 0.765. The maximum Gasteiger partial charge on any atom is 0.321 e. The number of likely N-dealkylation sites (tertiary alicyclic amines) is 1. The molecule has 3 N–H and O–H groups in total. The fraction of sp³-hybridized carbons (Fsp3) is 0.556. The first-order valence-electron chi connectivity index (χ1n) is 8.86. The summed E-state index contributed by atoms with van der Waals surface area (Å²) in [5.74, 6) is 0.243. The van der Waals surface area contributed by atoms with Gasteiger partial charge in [-0.3, -0.25) is 4.79 Å². The Kier molecular flexibility index (Phi) is 7.52. The molecule has 2 heterocycles. The summed E-state index contributed by atoms with van der Waals surface area (Å²) in [6.45, 7) is 3.98. The molecule has 2 fully saturated rings. The number of anilines is 1. The number of piperidine rings is 1. The molecular weight excluding hydrogens is 340 g/mol. The molecule has 0 aliphatic carbocycles. The van der Waals surface area contributed by atoms with Crippen molar-refractivity contribution in [2.45, 2.75) is 32.2 Å². The van der Waals surface area contributed by atoms with Gasteiger partial charge in [-0.15, -0.1) is 12.4 Å². The van der Waals surface area contributed by atoms with Crippen molar-refractivity contribution in [1.82, 2.24) is 15.5 Å². The summed E-state index contributed by atoms with van der Waals surface area (Å²) < 4.78 is 0. The Morgan fingerprint density at radius 3 is 2.60 bits per heavy atom. The Morgan fingerprint density at radius 1 is 1.16 bits per heavy atom. The Hall–Kier alpha value is -1.79. The molecule has 0 spiro atoms. The smallest absolute Gasteiger partial charge is 0.321 e. The van der Waals surface area contributed by atoms with Crippen molar-refractivity contribution in [3.63, 3.8) is 0 Å². The summed E-state index contributed by atoms with van der Waals surface area (Å²) in [5, 5.41) is 9.22. The molecule has 0 atom stereocenters. The molecule has 1 aromatic carbocycles. The van der Waals surface area contributed by atoms with Crippen LogP contribution in [0.5, 0.6) is 0 Å². The first-order valence-corrected chi connectivity index (χ1v) is 8.86. The van der Waals surface area contributed by atoms with E-state index in [1.54, 1.807) is 0 Å². The third kappa shape index (κ3) is 5.61. The van der Waals surface area contributed by atoms with Gasteiger partial charge in [0.2, 0.25) is 5.91 Å². The summed E-state index contributed by atoms with van der Waals surface area (Å²) in [6.07, 6.45) is 3.96. The lowest BCUT2D eigenvalue weighted by molar-refractivity contribution is -0.125. The first-order chi connectivity index (χ1) is 11.7. The molecule has 0 radical (unpaired) electrons. The number of carbonyl (C=O) groups is 2. The standard InChI is InChI=1S/C18H26N4O2.ClH/c23-17(15-6-8-19-9-7-15)20-13-14-4-3-5-16(12-14)21-18(24)22-10-1-2-11-22;/h3-5,12,15,19H,1-2,6-11,13H2,(H,20,23)(H,21,24);1H. The molecule has 25 heavy (non-hydrogen) atoms. The minimum atomic E-state index is -0.0385. The van der Waals surface area contributed by atoms with Crippen molar-refractivity contribution in [3.05, 3.63) is 29.8 Å². The van der Waals surface area contributed by atoms with Crippen LogP contribution in [-0.2, 0) is 11.3 Å². The Morgan fingerprint density at radius 2 is 1.88 bits per heavy atom. The average Bonchev–Trinajstić information content (AvgIpc) is 3.15. The van der Waals surface area contributed by atoms with E-state index in [0.717, 1.165) is 63.1 Å². The summed E-state index contributed by atoms with van der Waals surface area (Å²) >= 11 is 0. The van der Waals surface area contributed by atoms with Crippen LogP contribution in [-0.4, -0.2) is 43.0 Å². The number of nitrogens with one attached hydrogen (secondary N) is 3. The second kappa shape index (κ2) is 9.63. The van der Waals surface area contributed by atoms with Crippen molar-refractivity contribution < 1.29 is 9.59 Å². The largest absolute Gasteiger partial charge is 0.352 e. The summed E-state index contributed by atoms with van der Waals surface area (Å²) in [7, 11) is 0. The third-order valence-corrected chi connectivity index (χ3v) is 4.75. The summed E-state index contributed by atoms with van der Waals surface area (Å²) in [4.78, 5) is 26.2. The number of halogens is 1. The van der Waals surface area contributed by atoms with E-state index in [1.807, 2.05) is 29.2 Å². The fourth-order valence-electron chi connectivity index (χ4n) is 3.30. The van der Waals surface area contributed by atoms with Crippen LogP contribution in [0, 0.1) is 5.92 Å². The van der Waals surface area contributed by atoms with Gasteiger partial charge in [-0.2, -0.15) is 0 Å². The third-order valence-electron chi connectivity index (χ3n) is 4.75. The number of nitrogens with zero attached hydrogens (tertiary/aromatic N) is 1. The molecule has 0 unspecified atom stereocenters. The Labute approximate surface area is 155 Å². The zero-order chi connectivity index (χ0) is 16.8. The van der Waals surface area contributed by atoms with Crippen LogP contribution in [0.1, 0.15) is 31.2 Å². The van der Waals surface area contributed by atoms with Crippen LogP contribution in [0.3, 0.4) is 0 Å². The van der Waals surface area contributed by atoms with E-state index in [2.05, 4.69) is 16.0 Å².